The molecule has 1 saturated carbocycles. The van der Waals surface area contributed by atoms with Gasteiger partial charge >= 0.3 is 0 Å². The van der Waals surface area contributed by atoms with Gasteiger partial charge in [0.25, 0.3) is 5.88 Å². The Kier molecular flexibility index (Phi) is 4.28. The molecule has 1 aliphatic carbocycles. The molecule has 0 bridgehead atoms. The van der Waals surface area contributed by atoms with Crippen LogP contribution < -0.4 is 15.4 Å². The van der Waals surface area contributed by atoms with Crippen LogP contribution >= 0.6 is 0 Å². The minimum absolute atomic E-state index is 0.535. The van der Waals surface area contributed by atoms with Crippen LogP contribution in [0.1, 0.15) is 38.5 Å². The summed E-state index contributed by atoms with van der Waals surface area (Å²) in [6.45, 7) is 1.82. The van der Waals surface area contributed by atoms with Gasteiger partial charge in [-0.1, -0.05) is 18.6 Å². The van der Waals surface area contributed by atoms with E-state index in [0.29, 0.717) is 24.6 Å². The van der Waals surface area contributed by atoms with Gasteiger partial charge in [-0.05, 0) is 50.8 Å². The molecule has 1 atom stereocenters. The minimum Gasteiger partial charge on any atom is -0.475 e. The van der Waals surface area contributed by atoms with Crippen LogP contribution in [0.5, 0.6) is 5.88 Å². The Labute approximate surface area is 136 Å². The van der Waals surface area contributed by atoms with Crippen LogP contribution in [0.25, 0.3) is 11.0 Å². The van der Waals surface area contributed by atoms with Crippen molar-refractivity contribution in [1.29, 1.82) is 0 Å². The summed E-state index contributed by atoms with van der Waals surface area (Å²) >= 11 is 0. The van der Waals surface area contributed by atoms with Gasteiger partial charge in [0.15, 0.2) is 5.82 Å². The molecule has 0 radical (unpaired) electrons. The van der Waals surface area contributed by atoms with Gasteiger partial charge in [-0.15, -0.1) is 0 Å². The van der Waals surface area contributed by atoms with Crippen molar-refractivity contribution in [3.63, 3.8) is 0 Å². The lowest BCUT2D eigenvalue weighted by Crippen LogP contribution is -2.35. The van der Waals surface area contributed by atoms with Crippen molar-refractivity contribution < 1.29 is 4.74 Å². The number of anilines is 1. The Morgan fingerprint density at radius 1 is 1.09 bits per heavy atom. The fourth-order valence-electron chi connectivity index (χ4n) is 3.07. The topological polar surface area (TPSA) is 59.1 Å². The third kappa shape index (κ3) is 3.72. The zero-order valence-electron chi connectivity index (χ0n) is 13.4. The van der Waals surface area contributed by atoms with E-state index in [2.05, 4.69) is 15.6 Å². The molecule has 0 spiro atoms. The van der Waals surface area contributed by atoms with Crippen molar-refractivity contribution in [3.05, 3.63) is 24.3 Å². The van der Waals surface area contributed by atoms with Gasteiger partial charge in [0, 0.05) is 12.1 Å². The number of hydrogen-bond acceptors (Lipinski definition) is 5. The number of fused-ring (bicyclic) bond motifs is 1. The maximum atomic E-state index is 6.00. The summed E-state index contributed by atoms with van der Waals surface area (Å²) in [4.78, 5) is 9.38. The van der Waals surface area contributed by atoms with Crippen molar-refractivity contribution in [2.75, 3.05) is 18.5 Å². The third-order valence-corrected chi connectivity index (χ3v) is 4.57. The molecule has 1 aromatic carbocycles. The summed E-state index contributed by atoms with van der Waals surface area (Å²) in [7, 11) is 0. The predicted octanol–water partition coefficient (Wildman–Crippen LogP) is 3.12. The van der Waals surface area contributed by atoms with Crippen LogP contribution in [-0.2, 0) is 0 Å². The van der Waals surface area contributed by atoms with Crippen LogP contribution in [-0.4, -0.2) is 35.2 Å². The normalized spacial score (nSPS) is 21.3. The quantitative estimate of drug-likeness (QED) is 0.858. The van der Waals surface area contributed by atoms with Crippen LogP contribution in [0.3, 0.4) is 0 Å². The molecule has 122 valence electrons. The molecule has 2 aliphatic rings. The second kappa shape index (κ2) is 6.71. The largest absolute Gasteiger partial charge is 0.475 e. The smallest absolute Gasteiger partial charge is 0.258 e. The average Bonchev–Trinajstić information content (AvgIpc) is 3.40. The Hall–Kier alpha value is -1.88. The van der Waals surface area contributed by atoms with E-state index < -0.39 is 0 Å². The van der Waals surface area contributed by atoms with Crippen molar-refractivity contribution in [3.8, 4) is 5.88 Å². The standard InChI is InChI=1S/C18H24N4O/c1-2-7-16-15(6-1)21-17(20-14-8-9-14)18(22-16)23-12-10-13-5-3-4-11-19-13/h1-2,6-7,13-14,19H,3-5,8-12H2,(H,20,21)/t13-/m1/s1. The molecule has 5 nitrogen and oxygen atoms in total. The highest BCUT2D eigenvalue weighted by Gasteiger charge is 2.24. The van der Waals surface area contributed by atoms with Gasteiger partial charge in [0.2, 0.25) is 0 Å². The second-order valence-electron chi connectivity index (χ2n) is 6.57. The van der Waals surface area contributed by atoms with Gasteiger partial charge in [-0.3, -0.25) is 0 Å². The SMILES string of the molecule is c1ccc2nc(OCC[C@H]3CCCCN3)c(NC3CC3)nc2c1. The van der Waals surface area contributed by atoms with Crippen molar-refractivity contribution in [2.45, 2.75) is 50.6 Å². The molecular weight excluding hydrogens is 288 g/mol. The van der Waals surface area contributed by atoms with Crippen molar-refractivity contribution in [1.82, 2.24) is 15.3 Å². The van der Waals surface area contributed by atoms with Gasteiger partial charge in [-0.25, -0.2) is 9.97 Å². The summed E-state index contributed by atoms with van der Waals surface area (Å²) in [6, 6.07) is 9.08. The molecule has 4 rings (SSSR count). The number of piperidine rings is 1. The number of rotatable bonds is 6. The first-order valence-corrected chi connectivity index (χ1v) is 8.78. The Morgan fingerprint density at radius 2 is 1.91 bits per heavy atom. The van der Waals surface area contributed by atoms with Gasteiger partial charge in [0.05, 0.1) is 17.6 Å². The lowest BCUT2D eigenvalue weighted by atomic mass is 10.0. The third-order valence-electron chi connectivity index (χ3n) is 4.57. The van der Waals surface area contributed by atoms with E-state index in [0.717, 1.165) is 29.8 Å². The van der Waals surface area contributed by atoms with E-state index in [1.165, 1.54) is 32.1 Å². The maximum Gasteiger partial charge on any atom is 0.258 e. The van der Waals surface area contributed by atoms with E-state index >= 15 is 0 Å². The lowest BCUT2D eigenvalue weighted by molar-refractivity contribution is 0.261. The summed E-state index contributed by atoms with van der Waals surface area (Å²) < 4.78 is 6.00. The van der Waals surface area contributed by atoms with Crippen LogP contribution in [0.15, 0.2) is 24.3 Å². The number of hydrogen-bond donors (Lipinski definition) is 2. The highest BCUT2D eigenvalue weighted by molar-refractivity contribution is 5.77. The number of benzene rings is 1. The summed E-state index contributed by atoms with van der Waals surface area (Å²) in [5.41, 5.74) is 1.80. The zero-order chi connectivity index (χ0) is 15.5. The number of aromatic nitrogens is 2. The predicted molar refractivity (Wildman–Crippen MR) is 91.9 cm³/mol. The Morgan fingerprint density at radius 3 is 2.65 bits per heavy atom. The fourth-order valence-corrected chi connectivity index (χ4v) is 3.07. The number of ether oxygens (including phenoxy) is 1. The molecule has 1 aromatic heterocycles. The Bertz CT molecular complexity index is 665. The van der Waals surface area contributed by atoms with E-state index in [-0.39, 0.29) is 0 Å². The van der Waals surface area contributed by atoms with E-state index in [9.17, 15) is 0 Å². The highest BCUT2D eigenvalue weighted by atomic mass is 16.5. The van der Waals surface area contributed by atoms with Crippen LogP contribution in [0, 0.1) is 0 Å². The highest BCUT2D eigenvalue weighted by Crippen LogP contribution is 2.30. The first kappa shape index (κ1) is 14.7. The molecule has 1 saturated heterocycles. The van der Waals surface area contributed by atoms with Crippen LogP contribution in [0.2, 0.25) is 0 Å². The summed E-state index contributed by atoms with van der Waals surface area (Å²) in [5.74, 6) is 1.44. The van der Waals surface area contributed by atoms with Gasteiger partial charge < -0.3 is 15.4 Å². The Balaban J connectivity index is 1.47. The van der Waals surface area contributed by atoms with Gasteiger partial charge in [0.1, 0.15) is 0 Å². The maximum absolute atomic E-state index is 6.00. The molecule has 2 N–H and O–H groups in total. The van der Waals surface area contributed by atoms with E-state index in [1.807, 2.05) is 24.3 Å². The molecule has 1 aliphatic heterocycles. The number of nitrogens with one attached hydrogen (secondary N) is 2. The van der Waals surface area contributed by atoms with Crippen molar-refractivity contribution >= 4 is 16.9 Å². The minimum atomic E-state index is 0.535. The monoisotopic (exact) mass is 312 g/mol. The molecule has 2 fully saturated rings. The molecule has 23 heavy (non-hydrogen) atoms. The first-order chi connectivity index (χ1) is 11.4. The molecule has 2 heterocycles. The molecule has 0 unspecified atom stereocenters. The fraction of sp³-hybridized carbons (Fsp3) is 0.556. The van der Waals surface area contributed by atoms with Crippen LogP contribution in [0.4, 0.5) is 5.82 Å². The summed E-state index contributed by atoms with van der Waals surface area (Å²) in [6.07, 6.45) is 7.31. The number of nitrogens with zero attached hydrogens (tertiary/aromatic N) is 2. The summed E-state index contributed by atoms with van der Waals surface area (Å²) in [5, 5.41) is 7.01. The average molecular weight is 312 g/mol. The molecule has 2 aromatic rings. The molecule has 5 heteroatoms. The van der Waals surface area contributed by atoms with Gasteiger partial charge in [-0.2, -0.15) is 0 Å². The molecule has 0 amide bonds. The van der Waals surface area contributed by atoms with Crippen molar-refractivity contribution in [2.24, 2.45) is 0 Å². The first-order valence-electron chi connectivity index (χ1n) is 8.78. The van der Waals surface area contributed by atoms with E-state index in [1.54, 1.807) is 0 Å². The number of para-hydroxylation sites is 2. The molecular formula is C18H24N4O. The second-order valence-corrected chi connectivity index (χ2v) is 6.57. The lowest BCUT2D eigenvalue weighted by Gasteiger charge is -2.23. The zero-order valence-corrected chi connectivity index (χ0v) is 13.4. The van der Waals surface area contributed by atoms with E-state index in [4.69, 9.17) is 9.72 Å².